The van der Waals surface area contributed by atoms with Gasteiger partial charge in [0.25, 0.3) is 0 Å². The molecule has 1 aliphatic heterocycles. The molecule has 1 heterocycles. The molecular weight excluding hydrogens is 402 g/mol. The molecule has 1 N–H and O–H groups in total. The Morgan fingerprint density at radius 2 is 0.818 bits per heavy atom. The smallest absolute Gasteiger partial charge is 0.0724 e. The molecule has 0 radical (unpaired) electrons. The normalized spacial score (nSPS) is 12.1. The monoisotopic (exact) mass is 425 g/mol. The van der Waals surface area contributed by atoms with E-state index in [2.05, 4.69) is 130 Å². The number of hydrogen-bond acceptors (Lipinski definition) is 3. The summed E-state index contributed by atoms with van der Waals surface area (Å²) in [5, 5.41) is 3.56. The lowest BCUT2D eigenvalue weighted by atomic mass is 10.0. The zero-order valence-electron chi connectivity index (χ0n) is 18.1. The van der Waals surface area contributed by atoms with Crippen LogP contribution in [0.4, 0.5) is 45.5 Å². The number of benzene rings is 5. The van der Waals surface area contributed by atoms with E-state index in [0.717, 1.165) is 45.5 Å². The molecule has 0 fully saturated rings. The van der Waals surface area contributed by atoms with Gasteiger partial charge in [0.1, 0.15) is 0 Å². The van der Waals surface area contributed by atoms with E-state index >= 15 is 0 Å². The van der Waals surface area contributed by atoms with E-state index in [1.54, 1.807) is 0 Å². The molecule has 0 aliphatic carbocycles. The fraction of sp³-hybridized carbons (Fsp3) is 0. The first-order valence-corrected chi connectivity index (χ1v) is 11.1. The van der Waals surface area contributed by atoms with Gasteiger partial charge in [0.2, 0.25) is 0 Å². The third-order valence-electron chi connectivity index (χ3n) is 5.91. The molecule has 3 heteroatoms. The van der Waals surface area contributed by atoms with Crippen molar-refractivity contribution in [3.05, 3.63) is 133 Å². The highest BCUT2D eigenvalue weighted by Crippen LogP contribution is 2.54. The minimum Gasteiger partial charge on any atom is -0.355 e. The lowest BCUT2D eigenvalue weighted by Gasteiger charge is -2.40. The second kappa shape index (κ2) is 8.21. The summed E-state index contributed by atoms with van der Waals surface area (Å²) >= 11 is 0. The highest BCUT2D eigenvalue weighted by molar-refractivity contribution is 6.02. The first-order chi connectivity index (χ1) is 16.4. The van der Waals surface area contributed by atoms with Gasteiger partial charge in [0.05, 0.1) is 22.7 Å². The van der Waals surface area contributed by atoms with E-state index < -0.39 is 0 Å². The van der Waals surface area contributed by atoms with Crippen LogP contribution in [-0.4, -0.2) is 0 Å². The lowest BCUT2D eigenvalue weighted by Crippen LogP contribution is -2.24. The first kappa shape index (κ1) is 19.2. The number of nitrogens with zero attached hydrogens (tertiary/aromatic N) is 2. The fourth-order valence-corrected chi connectivity index (χ4v) is 4.47. The summed E-state index contributed by atoms with van der Waals surface area (Å²) in [4.78, 5) is 4.69. The van der Waals surface area contributed by atoms with Crippen molar-refractivity contribution in [1.29, 1.82) is 0 Å². The molecule has 0 saturated heterocycles. The van der Waals surface area contributed by atoms with Crippen LogP contribution < -0.4 is 15.1 Å². The molecule has 5 aromatic carbocycles. The van der Waals surface area contributed by atoms with Gasteiger partial charge in [0, 0.05) is 22.7 Å². The van der Waals surface area contributed by atoms with Crippen molar-refractivity contribution in [2.75, 3.05) is 15.1 Å². The molecule has 0 aromatic heterocycles. The van der Waals surface area contributed by atoms with Gasteiger partial charge in [-0.2, -0.15) is 0 Å². The maximum Gasteiger partial charge on any atom is 0.0724 e. The molecule has 1 aliphatic rings. The Hall–Kier alpha value is -4.50. The number of hydrogen-bond donors (Lipinski definition) is 1. The van der Waals surface area contributed by atoms with Crippen molar-refractivity contribution in [1.82, 2.24) is 0 Å². The Morgan fingerprint density at radius 3 is 1.39 bits per heavy atom. The maximum atomic E-state index is 3.56. The SMILES string of the molecule is c1ccc(Nc2ccc3c(c2)N(c2ccccc2)c2ccccc2N3c2ccccc2)cc1. The van der Waals surface area contributed by atoms with Gasteiger partial charge in [0.15, 0.2) is 0 Å². The molecule has 0 bridgehead atoms. The van der Waals surface area contributed by atoms with Gasteiger partial charge in [-0.3, -0.25) is 0 Å². The van der Waals surface area contributed by atoms with E-state index in [-0.39, 0.29) is 0 Å². The molecule has 0 saturated carbocycles. The number of nitrogens with one attached hydrogen (secondary N) is 1. The topological polar surface area (TPSA) is 18.5 Å². The Morgan fingerprint density at radius 1 is 0.364 bits per heavy atom. The Kier molecular flexibility index (Phi) is 4.78. The van der Waals surface area contributed by atoms with Crippen LogP contribution in [0.2, 0.25) is 0 Å². The average Bonchev–Trinajstić information content (AvgIpc) is 2.89. The van der Waals surface area contributed by atoms with Gasteiger partial charge < -0.3 is 15.1 Å². The van der Waals surface area contributed by atoms with Gasteiger partial charge >= 0.3 is 0 Å². The van der Waals surface area contributed by atoms with Crippen LogP contribution in [0.15, 0.2) is 133 Å². The van der Waals surface area contributed by atoms with Crippen LogP contribution in [0.25, 0.3) is 0 Å². The van der Waals surface area contributed by atoms with E-state index in [9.17, 15) is 0 Å². The Balaban J connectivity index is 1.57. The van der Waals surface area contributed by atoms with Gasteiger partial charge in [-0.25, -0.2) is 0 Å². The van der Waals surface area contributed by atoms with Crippen molar-refractivity contribution < 1.29 is 0 Å². The van der Waals surface area contributed by atoms with E-state index in [0.29, 0.717) is 0 Å². The number of fused-ring (bicyclic) bond motifs is 2. The van der Waals surface area contributed by atoms with Crippen LogP contribution in [0, 0.1) is 0 Å². The predicted molar refractivity (Wildman–Crippen MR) is 139 cm³/mol. The molecule has 33 heavy (non-hydrogen) atoms. The predicted octanol–water partition coefficient (Wildman–Crippen LogP) is 8.68. The zero-order chi connectivity index (χ0) is 22.0. The summed E-state index contributed by atoms with van der Waals surface area (Å²) in [7, 11) is 0. The summed E-state index contributed by atoms with van der Waals surface area (Å²) < 4.78 is 0. The third-order valence-corrected chi connectivity index (χ3v) is 5.91. The van der Waals surface area contributed by atoms with E-state index in [1.165, 1.54) is 0 Å². The van der Waals surface area contributed by atoms with Crippen molar-refractivity contribution in [3.8, 4) is 0 Å². The summed E-state index contributed by atoms with van der Waals surface area (Å²) in [6.45, 7) is 0. The number of anilines is 8. The minimum atomic E-state index is 1.05. The van der Waals surface area contributed by atoms with Crippen molar-refractivity contribution >= 4 is 45.5 Å². The summed E-state index contributed by atoms with van der Waals surface area (Å²) in [5.74, 6) is 0. The van der Waals surface area contributed by atoms with Gasteiger partial charge in [-0.05, 0) is 66.7 Å². The molecule has 0 atom stereocenters. The average molecular weight is 426 g/mol. The van der Waals surface area contributed by atoms with Crippen molar-refractivity contribution in [2.24, 2.45) is 0 Å². The molecule has 3 nitrogen and oxygen atoms in total. The second-order valence-corrected chi connectivity index (χ2v) is 8.03. The highest BCUT2D eigenvalue weighted by atomic mass is 15.3. The van der Waals surface area contributed by atoms with Crippen molar-refractivity contribution in [2.45, 2.75) is 0 Å². The Labute approximate surface area is 194 Å². The Bertz CT molecular complexity index is 1380. The van der Waals surface area contributed by atoms with Crippen LogP contribution in [0.3, 0.4) is 0 Å². The molecule has 5 aromatic rings. The zero-order valence-corrected chi connectivity index (χ0v) is 18.1. The quantitative estimate of drug-likeness (QED) is 0.305. The fourth-order valence-electron chi connectivity index (χ4n) is 4.47. The largest absolute Gasteiger partial charge is 0.355 e. The number of rotatable bonds is 4. The molecule has 0 spiro atoms. The molecular formula is C30H23N3. The standard InChI is InChI=1S/C30H23N3/c1-4-12-23(13-5-1)31-24-20-21-29-30(22-24)33(26-16-8-3-9-17-26)28-19-11-10-18-27(28)32(29)25-14-6-2-7-15-25/h1-22,31H. The van der Waals surface area contributed by atoms with E-state index in [4.69, 9.17) is 0 Å². The van der Waals surface area contributed by atoms with Crippen molar-refractivity contribution in [3.63, 3.8) is 0 Å². The summed E-state index contributed by atoms with van der Waals surface area (Å²) in [6.07, 6.45) is 0. The summed E-state index contributed by atoms with van der Waals surface area (Å²) in [6, 6.07) is 46.6. The van der Waals surface area contributed by atoms with Gasteiger partial charge in [-0.1, -0.05) is 66.7 Å². The molecule has 0 amide bonds. The van der Waals surface area contributed by atoms with E-state index in [1.807, 2.05) is 18.2 Å². The maximum absolute atomic E-state index is 3.56. The number of para-hydroxylation sites is 5. The third kappa shape index (κ3) is 3.50. The van der Waals surface area contributed by atoms with Crippen LogP contribution in [0.5, 0.6) is 0 Å². The van der Waals surface area contributed by atoms with Crippen LogP contribution in [-0.2, 0) is 0 Å². The lowest BCUT2D eigenvalue weighted by molar-refractivity contribution is 1.17. The minimum absolute atomic E-state index is 1.05. The van der Waals surface area contributed by atoms with Crippen LogP contribution >= 0.6 is 0 Å². The molecule has 0 unspecified atom stereocenters. The molecule has 158 valence electrons. The summed E-state index contributed by atoms with van der Waals surface area (Å²) in [5.41, 5.74) is 8.97. The second-order valence-electron chi connectivity index (χ2n) is 8.03. The highest BCUT2D eigenvalue weighted by Gasteiger charge is 2.30. The van der Waals surface area contributed by atoms with Crippen LogP contribution in [0.1, 0.15) is 0 Å². The van der Waals surface area contributed by atoms with Gasteiger partial charge in [-0.15, -0.1) is 0 Å². The first-order valence-electron chi connectivity index (χ1n) is 11.1. The molecule has 6 rings (SSSR count).